The molecule has 0 saturated heterocycles. The summed E-state index contributed by atoms with van der Waals surface area (Å²) in [6, 6.07) is 38.0. The molecule has 0 atom stereocenters. The maximum absolute atomic E-state index is 9.35. The van der Waals surface area contributed by atoms with Gasteiger partial charge in [-0.05, 0) is 40.5 Å². The quantitative estimate of drug-likeness (QED) is 0.425. The van der Waals surface area contributed by atoms with Crippen molar-refractivity contribution in [1.29, 1.82) is 5.26 Å². The fourth-order valence-corrected chi connectivity index (χ4v) is 3.86. The molecule has 0 amide bonds. The van der Waals surface area contributed by atoms with Crippen molar-refractivity contribution in [2.75, 3.05) is 5.32 Å². The van der Waals surface area contributed by atoms with E-state index in [1.165, 1.54) is 10.8 Å². The molecule has 0 saturated carbocycles. The van der Waals surface area contributed by atoms with Crippen LogP contribution < -0.4 is 5.32 Å². The maximum Gasteiger partial charge on any atom is 0.0889 e. The highest BCUT2D eigenvalue weighted by atomic mass is 15.0. The third kappa shape index (κ3) is 3.48. The van der Waals surface area contributed by atoms with E-state index in [-0.39, 0.29) is 0 Å². The Bertz CT molecular complexity index is 1060. The van der Waals surface area contributed by atoms with Gasteiger partial charge in [0.1, 0.15) is 0 Å². The number of nitrogens with one attached hydrogen (secondary N) is 1. The van der Waals surface area contributed by atoms with Crippen molar-refractivity contribution in [3.05, 3.63) is 114 Å². The molecule has 136 valence electrons. The number of rotatable bonds is 6. The summed E-state index contributed by atoms with van der Waals surface area (Å²) in [4.78, 5) is 0. The largest absolute Gasteiger partial charge is 0.372 e. The van der Waals surface area contributed by atoms with Gasteiger partial charge in [0, 0.05) is 12.1 Å². The normalized spacial score (nSPS) is 11.1. The molecule has 0 heterocycles. The zero-order chi connectivity index (χ0) is 19.2. The van der Waals surface area contributed by atoms with Gasteiger partial charge in [-0.3, -0.25) is 0 Å². The van der Waals surface area contributed by atoms with E-state index in [2.05, 4.69) is 102 Å². The Morgan fingerprint density at radius 2 is 1.25 bits per heavy atom. The average molecular weight is 362 g/mol. The summed E-state index contributed by atoms with van der Waals surface area (Å²) in [5.74, 6) is 0. The van der Waals surface area contributed by atoms with Crippen LogP contribution in [-0.2, 0) is 5.54 Å². The van der Waals surface area contributed by atoms with Gasteiger partial charge in [0.2, 0.25) is 0 Å². The molecule has 0 radical (unpaired) electrons. The maximum atomic E-state index is 9.35. The molecule has 0 unspecified atom stereocenters. The minimum atomic E-state index is -0.472. The summed E-state index contributed by atoms with van der Waals surface area (Å²) in [6.45, 7) is 0. The fraction of sp³-hybridized carbons (Fsp3) is 0.115. The van der Waals surface area contributed by atoms with Gasteiger partial charge in [-0.2, -0.15) is 5.26 Å². The molecule has 0 aromatic heterocycles. The zero-order valence-corrected chi connectivity index (χ0v) is 15.7. The smallest absolute Gasteiger partial charge is 0.0889 e. The summed E-state index contributed by atoms with van der Waals surface area (Å²) in [7, 11) is 0. The molecular formula is C26H22N2. The molecule has 28 heavy (non-hydrogen) atoms. The lowest BCUT2D eigenvalue weighted by molar-refractivity contribution is 0.544. The predicted molar refractivity (Wildman–Crippen MR) is 116 cm³/mol. The number of fused-ring (bicyclic) bond motifs is 1. The summed E-state index contributed by atoms with van der Waals surface area (Å²) >= 11 is 0. The first kappa shape index (κ1) is 17.8. The average Bonchev–Trinajstić information content (AvgIpc) is 2.78. The molecule has 2 nitrogen and oxygen atoms in total. The molecule has 0 aliphatic heterocycles. The van der Waals surface area contributed by atoms with E-state index in [0.717, 1.165) is 16.8 Å². The highest BCUT2D eigenvalue weighted by molar-refractivity contribution is 5.85. The van der Waals surface area contributed by atoms with Gasteiger partial charge < -0.3 is 5.32 Å². The number of anilines is 1. The highest BCUT2D eigenvalue weighted by Gasteiger charge is 2.33. The van der Waals surface area contributed by atoms with Gasteiger partial charge in [0.25, 0.3) is 0 Å². The van der Waals surface area contributed by atoms with E-state index in [0.29, 0.717) is 12.8 Å². The summed E-state index contributed by atoms with van der Waals surface area (Å²) in [5.41, 5.74) is 2.89. The molecule has 0 spiro atoms. The van der Waals surface area contributed by atoms with Crippen LogP contribution in [0.1, 0.15) is 24.0 Å². The van der Waals surface area contributed by atoms with E-state index < -0.39 is 5.54 Å². The van der Waals surface area contributed by atoms with Crippen molar-refractivity contribution in [3.63, 3.8) is 0 Å². The third-order valence-electron chi connectivity index (χ3n) is 5.25. The number of hydrogen-bond acceptors (Lipinski definition) is 2. The van der Waals surface area contributed by atoms with Crippen molar-refractivity contribution in [2.45, 2.75) is 18.4 Å². The second kappa shape index (κ2) is 7.98. The van der Waals surface area contributed by atoms with Crippen molar-refractivity contribution in [2.24, 2.45) is 0 Å². The molecular weight excluding hydrogens is 340 g/mol. The van der Waals surface area contributed by atoms with Crippen molar-refractivity contribution < 1.29 is 0 Å². The van der Waals surface area contributed by atoms with Gasteiger partial charge in [0.05, 0.1) is 11.6 Å². The predicted octanol–water partition coefficient (Wildman–Crippen LogP) is 6.50. The first-order valence-corrected chi connectivity index (χ1v) is 9.57. The molecule has 4 rings (SSSR count). The van der Waals surface area contributed by atoms with E-state index >= 15 is 0 Å². The Kier molecular flexibility index (Phi) is 5.08. The van der Waals surface area contributed by atoms with Gasteiger partial charge in [-0.1, -0.05) is 91.0 Å². The lowest BCUT2D eigenvalue weighted by Gasteiger charge is -2.37. The van der Waals surface area contributed by atoms with Crippen molar-refractivity contribution >= 4 is 16.5 Å². The Labute approximate surface area is 166 Å². The molecule has 0 aliphatic rings. The van der Waals surface area contributed by atoms with Gasteiger partial charge >= 0.3 is 0 Å². The first-order chi connectivity index (χ1) is 13.8. The standard InChI is InChI=1S/C26H22N2/c27-19-9-18-26(23-12-3-1-4-13-23,24-14-5-2-6-15-24)28-25-17-16-21-10-7-8-11-22(21)20-25/h1-8,10-17,20,28H,9,18H2. The number of nitriles is 1. The highest BCUT2D eigenvalue weighted by Crippen LogP contribution is 2.38. The lowest BCUT2D eigenvalue weighted by atomic mass is 9.79. The summed E-state index contributed by atoms with van der Waals surface area (Å²) in [6.07, 6.45) is 1.15. The number of benzene rings is 4. The Hall–Kier alpha value is -3.57. The van der Waals surface area contributed by atoms with Crippen LogP contribution in [0.3, 0.4) is 0 Å². The van der Waals surface area contributed by atoms with Crippen LogP contribution in [0.5, 0.6) is 0 Å². The van der Waals surface area contributed by atoms with Crippen LogP contribution in [0.4, 0.5) is 5.69 Å². The molecule has 0 fully saturated rings. The van der Waals surface area contributed by atoms with Gasteiger partial charge in [0.15, 0.2) is 0 Å². The van der Waals surface area contributed by atoms with Gasteiger partial charge in [-0.15, -0.1) is 0 Å². The van der Waals surface area contributed by atoms with Crippen LogP contribution in [0.25, 0.3) is 10.8 Å². The topological polar surface area (TPSA) is 35.8 Å². The molecule has 1 N–H and O–H groups in total. The van der Waals surface area contributed by atoms with Crippen LogP contribution in [-0.4, -0.2) is 0 Å². The van der Waals surface area contributed by atoms with E-state index in [9.17, 15) is 5.26 Å². The van der Waals surface area contributed by atoms with Crippen LogP contribution in [0.15, 0.2) is 103 Å². The monoisotopic (exact) mass is 362 g/mol. The lowest BCUT2D eigenvalue weighted by Crippen LogP contribution is -2.36. The molecule has 2 heteroatoms. The molecule has 4 aromatic rings. The van der Waals surface area contributed by atoms with Gasteiger partial charge in [-0.25, -0.2) is 0 Å². The molecule has 0 bridgehead atoms. The minimum absolute atomic E-state index is 0.463. The SMILES string of the molecule is N#CCCC(Nc1ccc2ccccc2c1)(c1ccccc1)c1ccccc1. The molecule has 0 aliphatic carbocycles. The Morgan fingerprint density at radius 1 is 0.679 bits per heavy atom. The first-order valence-electron chi connectivity index (χ1n) is 9.57. The number of hydrogen-bond donors (Lipinski definition) is 1. The summed E-state index contributed by atoms with van der Waals surface area (Å²) in [5, 5.41) is 15.6. The fourth-order valence-electron chi connectivity index (χ4n) is 3.86. The molecule has 4 aromatic carbocycles. The third-order valence-corrected chi connectivity index (χ3v) is 5.25. The van der Waals surface area contributed by atoms with Crippen LogP contribution in [0, 0.1) is 11.3 Å². The second-order valence-electron chi connectivity index (χ2n) is 6.98. The Balaban J connectivity index is 1.86. The minimum Gasteiger partial charge on any atom is -0.372 e. The Morgan fingerprint density at radius 3 is 1.86 bits per heavy atom. The van der Waals surface area contributed by atoms with E-state index in [4.69, 9.17) is 0 Å². The van der Waals surface area contributed by atoms with Crippen molar-refractivity contribution in [3.8, 4) is 6.07 Å². The summed E-state index contributed by atoms with van der Waals surface area (Å²) < 4.78 is 0. The zero-order valence-electron chi connectivity index (χ0n) is 15.7. The van der Waals surface area contributed by atoms with E-state index in [1.54, 1.807) is 0 Å². The van der Waals surface area contributed by atoms with Crippen LogP contribution in [0.2, 0.25) is 0 Å². The number of nitrogens with zero attached hydrogens (tertiary/aromatic N) is 1. The van der Waals surface area contributed by atoms with Crippen LogP contribution >= 0.6 is 0 Å². The second-order valence-corrected chi connectivity index (χ2v) is 6.98. The van der Waals surface area contributed by atoms with Crippen molar-refractivity contribution in [1.82, 2.24) is 0 Å². The van der Waals surface area contributed by atoms with E-state index in [1.807, 2.05) is 12.1 Å².